The molecule has 1 spiro atoms. The van der Waals surface area contributed by atoms with Gasteiger partial charge in [-0.2, -0.15) is 0 Å². The molecule has 2 aromatic carbocycles. The molecule has 6 rings (SSSR count). The van der Waals surface area contributed by atoms with E-state index < -0.39 is 12.1 Å². The Labute approximate surface area is 269 Å². The lowest BCUT2D eigenvalue weighted by molar-refractivity contribution is 0.0326. The molecular formula is C36H45BrN4O3. The van der Waals surface area contributed by atoms with Crippen LogP contribution in [-0.4, -0.2) is 53.4 Å². The third-order valence-corrected chi connectivity index (χ3v) is 10.1. The zero-order chi connectivity index (χ0) is 30.7. The van der Waals surface area contributed by atoms with Gasteiger partial charge in [0.25, 0.3) is 5.91 Å². The third kappa shape index (κ3) is 7.30. The van der Waals surface area contributed by atoms with Crippen LogP contribution in [0, 0.1) is 12.8 Å². The maximum Gasteiger partial charge on any atom is 0.251 e. The average Bonchev–Trinajstić information content (AvgIpc) is 3.47. The molecular weight excluding hydrogens is 616 g/mol. The van der Waals surface area contributed by atoms with Gasteiger partial charge >= 0.3 is 0 Å². The first kappa shape index (κ1) is 31.1. The fourth-order valence-corrected chi connectivity index (χ4v) is 7.68. The maximum absolute atomic E-state index is 13.8. The Kier molecular flexibility index (Phi) is 9.59. The van der Waals surface area contributed by atoms with E-state index in [4.69, 9.17) is 9.72 Å². The second kappa shape index (κ2) is 13.6. The van der Waals surface area contributed by atoms with Crippen LogP contribution in [0.15, 0.2) is 65.1 Å². The average molecular weight is 662 g/mol. The van der Waals surface area contributed by atoms with Crippen molar-refractivity contribution in [3.8, 4) is 5.75 Å². The van der Waals surface area contributed by atoms with Gasteiger partial charge in [-0.3, -0.25) is 4.79 Å². The van der Waals surface area contributed by atoms with Gasteiger partial charge < -0.3 is 25.4 Å². The van der Waals surface area contributed by atoms with Crippen LogP contribution in [0.25, 0.3) is 0 Å². The Hall–Kier alpha value is -2.94. The molecule has 1 amide bonds. The molecule has 1 aliphatic carbocycles. The number of carbonyl (C=O) groups excluding carboxylic acids is 1. The van der Waals surface area contributed by atoms with E-state index in [9.17, 15) is 9.90 Å². The van der Waals surface area contributed by atoms with E-state index in [0.29, 0.717) is 24.4 Å². The molecule has 1 saturated heterocycles. The number of carbonyl (C=O) groups is 1. The Morgan fingerprint density at radius 2 is 1.93 bits per heavy atom. The molecule has 3 N–H and O–H groups in total. The highest BCUT2D eigenvalue weighted by atomic mass is 79.9. The molecule has 2 aliphatic heterocycles. The highest BCUT2D eigenvalue weighted by Gasteiger charge is 2.43. The van der Waals surface area contributed by atoms with Crippen LogP contribution in [0.2, 0.25) is 0 Å². The summed E-state index contributed by atoms with van der Waals surface area (Å²) in [5, 5.41) is 18.5. The Morgan fingerprint density at radius 1 is 1.14 bits per heavy atom. The number of pyridine rings is 1. The Bertz CT molecular complexity index is 1440. The molecule has 234 valence electrons. The van der Waals surface area contributed by atoms with Crippen molar-refractivity contribution in [2.45, 2.75) is 89.0 Å². The molecule has 4 atom stereocenters. The molecule has 0 bridgehead atoms. The Morgan fingerprint density at radius 3 is 2.70 bits per heavy atom. The summed E-state index contributed by atoms with van der Waals surface area (Å²) in [5.74, 6) is 2.20. The SMILES string of the molecule is Cc1cc(C(=O)N[C@@H](Cc2ccccc2)[C@H](O)CN[C@H]2CC3(CCCC3)Oc3ccc(Br)cc32)cc(N2CCC[C@@H](C)C2)n1. The van der Waals surface area contributed by atoms with E-state index in [-0.39, 0.29) is 17.6 Å². The number of ether oxygens (including phenoxy) is 1. The molecule has 2 fully saturated rings. The van der Waals surface area contributed by atoms with Crippen LogP contribution in [-0.2, 0) is 6.42 Å². The Balaban J connectivity index is 1.20. The summed E-state index contributed by atoms with van der Waals surface area (Å²) in [4.78, 5) is 20.8. The van der Waals surface area contributed by atoms with Crippen molar-refractivity contribution in [1.82, 2.24) is 15.6 Å². The summed E-state index contributed by atoms with van der Waals surface area (Å²) >= 11 is 3.63. The first-order chi connectivity index (χ1) is 21.3. The zero-order valence-electron chi connectivity index (χ0n) is 25.9. The monoisotopic (exact) mass is 660 g/mol. The fraction of sp³-hybridized carbons (Fsp3) is 0.500. The number of nitrogens with zero attached hydrogens (tertiary/aromatic N) is 2. The number of amides is 1. The fourth-order valence-electron chi connectivity index (χ4n) is 7.30. The standard InChI is InChI=1S/C36H45BrN4O3/c1-24-9-8-16-41(23-24)34-19-27(17-25(2)39-34)35(43)40-30(18-26-10-4-3-5-11-26)32(42)22-38-31-21-36(14-6-7-15-36)44-33-13-12-28(37)20-29(31)33/h3-5,10-13,17,19-20,24,30-32,38,42H,6-9,14-16,18,21-23H2,1-2H3,(H,40,43)/t24-,30+,31+,32-/m1/s1. The number of nitrogens with one attached hydrogen (secondary N) is 2. The van der Waals surface area contributed by atoms with Gasteiger partial charge in [0.15, 0.2) is 0 Å². The summed E-state index contributed by atoms with van der Waals surface area (Å²) < 4.78 is 7.59. The topological polar surface area (TPSA) is 86.7 Å². The van der Waals surface area contributed by atoms with Crippen molar-refractivity contribution in [1.29, 1.82) is 0 Å². The van der Waals surface area contributed by atoms with E-state index in [2.05, 4.69) is 50.5 Å². The van der Waals surface area contributed by atoms with Crippen LogP contribution < -0.4 is 20.3 Å². The molecule has 3 aromatic rings. The van der Waals surface area contributed by atoms with Crippen molar-refractivity contribution < 1.29 is 14.6 Å². The maximum atomic E-state index is 13.8. The molecule has 3 heterocycles. The van der Waals surface area contributed by atoms with Gasteiger partial charge in [0.2, 0.25) is 0 Å². The van der Waals surface area contributed by atoms with Crippen molar-refractivity contribution >= 4 is 27.7 Å². The number of aryl methyl sites for hydroxylation is 1. The number of halogens is 1. The van der Waals surface area contributed by atoms with Crippen LogP contribution in [0.4, 0.5) is 5.82 Å². The van der Waals surface area contributed by atoms with Gasteiger partial charge in [-0.05, 0) is 93.7 Å². The molecule has 0 radical (unpaired) electrons. The van der Waals surface area contributed by atoms with E-state index >= 15 is 0 Å². The largest absolute Gasteiger partial charge is 0.487 e. The van der Waals surface area contributed by atoms with Crippen molar-refractivity contribution in [2.75, 3.05) is 24.5 Å². The lowest BCUT2D eigenvalue weighted by atomic mass is 9.85. The minimum Gasteiger partial charge on any atom is -0.487 e. The van der Waals surface area contributed by atoms with E-state index in [1.54, 1.807) is 0 Å². The first-order valence-electron chi connectivity index (χ1n) is 16.3. The van der Waals surface area contributed by atoms with E-state index in [1.807, 2.05) is 55.5 Å². The van der Waals surface area contributed by atoms with Gasteiger partial charge in [-0.1, -0.05) is 53.2 Å². The second-order valence-corrected chi connectivity index (χ2v) is 14.1. The molecule has 1 saturated carbocycles. The van der Waals surface area contributed by atoms with Crippen LogP contribution in [0.1, 0.15) is 85.1 Å². The van der Waals surface area contributed by atoms with Crippen LogP contribution in [0.3, 0.4) is 0 Å². The summed E-state index contributed by atoms with van der Waals surface area (Å²) in [6.45, 7) is 6.46. The van der Waals surface area contributed by atoms with Gasteiger partial charge in [0, 0.05) is 53.4 Å². The van der Waals surface area contributed by atoms with Gasteiger partial charge in [-0.25, -0.2) is 4.98 Å². The molecule has 44 heavy (non-hydrogen) atoms. The van der Waals surface area contributed by atoms with E-state index in [0.717, 1.165) is 71.6 Å². The number of anilines is 1. The molecule has 0 unspecified atom stereocenters. The van der Waals surface area contributed by atoms with E-state index in [1.165, 1.54) is 19.3 Å². The lowest BCUT2D eigenvalue weighted by Crippen LogP contribution is -2.50. The molecule has 3 aliphatic rings. The van der Waals surface area contributed by atoms with Crippen molar-refractivity contribution in [2.24, 2.45) is 5.92 Å². The zero-order valence-corrected chi connectivity index (χ0v) is 27.5. The third-order valence-electron chi connectivity index (χ3n) is 9.60. The lowest BCUT2D eigenvalue weighted by Gasteiger charge is -2.41. The minimum absolute atomic E-state index is 0.0504. The summed E-state index contributed by atoms with van der Waals surface area (Å²) in [6, 6.07) is 19.6. The predicted octanol–water partition coefficient (Wildman–Crippen LogP) is 6.52. The molecule has 8 heteroatoms. The normalized spacial score (nSPS) is 22.2. The summed E-state index contributed by atoms with van der Waals surface area (Å²) in [7, 11) is 0. The van der Waals surface area contributed by atoms with Gasteiger partial charge in [-0.15, -0.1) is 0 Å². The number of aromatic nitrogens is 1. The van der Waals surface area contributed by atoms with Gasteiger partial charge in [0.05, 0.1) is 12.1 Å². The highest BCUT2D eigenvalue weighted by molar-refractivity contribution is 9.10. The van der Waals surface area contributed by atoms with Gasteiger partial charge in [0.1, 0.15) is 17.2 Å². The van der Waals surface area contributed by atoms with Crippen molar-refractivity contribution in [3.63, 3.8) is 0 Å². The minimum atomic E-state index is -0.803. The number of piperidine rings is 1. The highest BCUT2D eigenvalue weighted by Crippen LogP contribution is 2.47. The summed E-state index contributed by atoms with van der Waals surface area (Å²) in [6.07, 6.45) is 7.41. The number of hydrogen-bond donors (Lipinski definition) is 3. The van der Waals surface area contributed by atoms with Crippen LogP contribution >= 0.6 is 15.9 Å². The van der Waals surface area contributed by atoms with Crippen molar-refractivity contribution in [3.05, 3.63) is 87.5 Å². The quantitative estimate of drug-likeness (QED) is 0.242. The number of hydrogen-bond acceptors (Lipinski definition) is 6. The first-order valence-corrected chi connectivity index (χ1v) is 17.0. The number of aliphatic hydroxyl groups excluding tert-OH is 1. The number of benzene rings is 2. The number of rotatable bonds is 9. The summed E-state index contributed by atoms with van der Waals surface area (Å²) in [5.41, 5.74) is 3.42. The van der Waals surface area contributed by atoms with Crippen LogP contribution in [0.5, 0.6) is 5.75 Å². The molecule has 1 aromatic heterocycles. The second-order valence-electron chi connectivity index (χ2n) is 13.2. The number of aliphatic hydroxyl groups is 1. The molecule has 7 nitrogen and oxygen atoms in total. The predicted molar refractivity (Wildman–Crippen MR) is 178 cm³/mol. The number of fused-ring (bicyclic) bond motifs is 1. The smallest absolute Gasteiger partial charge is 0.251 e.